The van der Waals surface area contributed by atoms with Crippen LogP contribution in [0.15, 0.2) is 60.8 Å². The van der Waals surface area contributed by atoms with E-state index in [9.17, 15) is 9.18 Å². The Labute approximate surface area is 170 Å². The number of carbonyl (C=O) groups is 1. The average molecular weight is 407 g/mol. The first kappa shape index (κ1) is 18.9. The van der Waals surface area contributed by atoms with E-state index in [0.29, 0.717) is 10.7 Å². The number of rotatable bonds is 5. The molecular weight excluding hydrogens is 389 g/mol. The highest BCUT2D eigenvalue weighted by Crippen LogP contribution is 2.36. The number of fused-ring (bicyclic) bond motifs is 1. The number of carbonyl (C=O) groups excluding carboxylic acids is 1. The van der Waals surface area contributed by atoms with Gasteiger partial charge < -0.3 is 0 Å². The molecule has 0 aliphatic rings. The van der Waals surface area contributed by atoms with Gasteiger partial charge in [0.25, 0.3) is 0 Å². The van der Waals surface area contributed by atoms with Crippen LogP contribution in [0.5, 0.6) is 0 Å². The number of nitrogens with one attached hydrogen (secondary N) is 1. The minimum absolute atomic E-state index is 0.207. The summed E-state index contributed by atoms with van der Waals surface area (Å²) in [6.07, 6.45) is 1.74. The van der Waals surface area contributed by atoms with Crippen molar-refractivity contribution in [1.29, 1.82) is 0 Å². The van der Waals surface area contributed by atoms with E-state index in [1.807, 2.05) is 32.0 Å². The second-order valence-corrected chi connectivity index (χ2v) is 7.94. The summed E-state index contributed by atoms with van der Waals surface area (Å²) < 4.78 is 14.9. The Balaban J connectivity index is 1.63. The maximum Gasteiger partial charge on any atom is 0.236 e. The van der Waals surface area contributed by atoms with Crippen LogP contribution in [0, 0.1) is 11.2 Å². The second kappa shape index (κ2) is 7.21. The van der Waals surface area contributed by atoms with E-state index in [1.165, 1.54) is 23.5 Å². The van der Waals surface area contributed by atoms with Gasteiger partial charge in [-0.05, 0) is 61.4 Å². The molecular formula is C21H18FN5OS. The fourth-order valence-corrected chi connectivity index (χ4v) is 3.43. The van der Waals surface area contributed by atoms with E-state index < -0.39 is 5.41 Å². The van der Waals surface area contributed by atoms with Crippen LogP contribution in [0.2, 0.25) is 0 Å². The first-order chi connectivity index (χ1) is 13.9. The van der Waals surface area contributed by atoms with Gasteiger partial charge in [0.2, 0.25) is 11.0 Å². The highest BCUT2D eigenvalue weighted by molar-refractivity contribution is 7.13. The molecule has 0 saturated heterocycles. The van der Waals surface area contributed by atoms with Crippen LogP contribution in [0.25, 0.3) is 22.2 Å². The van der Waals surface area contributed by atoms with Crippen LogP contribution in [-0.4, -0.2) is 25.9 Å². The molecule has 0 radical (unpaired) electrons. The molecule has 0 saturated carbocycles. The Morgan fingerprint density at radius 2 is 1.97 bits per heavy atom. The number of aromatic nitrogens is 4. The van der Waals surface area contributed by atoms with Crippen molar-refractivity contribution in [2.24, 2.45) is 5.41 Å². The molecule has 2 aromatic heterocycles. The van der Waals surface area contributed by atoms with Crippen molar-refractivity contribution in [1.82, 2.24) is 20.0 Å². The van der Waals surface area contributed by atoms with Crippen LogP contribution < -0.4 is 5.32 Å². The van der Waals surface area contributed by atoms with Crippen molar-refractivity contribution >= 4 is 38.9 Å². The third-order valence-electron chi connectivity index (χ3n) is 4.89. The Kier molecular flexibility index (Phi) is 4.71. The Hall–Kier alpha value is -3.39. The summed E-state index contributed by atoms with van der Waals surface area (Å²) in [6.45, 7) is 7.80. The molecule has 146 valence electrons. The SMILES string of the molecule is C=C(c1ccc2c(cnn2-c2ccc(F)cc2)c1)C(C)(C)C(=O)Nc1nncs1. The van der Waals surface area contributed by atoms with Crippen molar-refractivity contribution in [2.45, 2.75) is 13.8 Å². The zero-order valence-corrected chi connectivity index (χ0v) is 16.7. The van der Waals surface area contributed by atoms with Crippen LogP contribution >= 0.6 is 11.3 Å². The zero-order valence-electron chi connectivity index (χ0n) is 15.9. The van der Waals surface area contributed by atoms with Gasteiger partial charge in [-0.25, -0.2) is 9.07 Å². The number of nitrogens with zero attached hydrogens (tertiary/aromatic N) is 4. The summed E-state index contributed by atoms with van der Waals surface area (Å²) in [4.78, 5) is 12.7. The first-order valence-electron chi connectivity index (χ1n) is 8.87. The number of benzene rings is 2. The monoisotopic (exact) mass is 407 g/mol. The van der Waals surface area contributed by atoms with Gasteiger partial charge in [-0.1, -0.05) is 24.0 Å². The van der Waals surface area contributed by atoms with Crippen molar-refractivity contribution in [3.63, 3.8) is 0 Å². The minimum Gasteiger partial charge on any atom is -0.300 e. The Morgan fingerprint density at radius 1 is 1.21 bits per heavy atom. The molecule has 0 aliphatic heterocycles. The van der Waals surface area contributed by atoms with E-state index in [2.05, 4.69) is 27.2 Å². The van der Waals surface area contributed by atoms with Gasteiger partial charge >= 0.3 is 0 Å². The Morgan fingerprint density at radius 3 is 2.66 bits per heavy atom. The van der Waals surface area contributed by atoms with Crippen LogP contribution in [0.3, 0.4) is 0 Å². The average Bonchev–Trinajstić information content (AvgIpc) is 3.37. The lowest BCUT2D eigenvalue weighted by Gasteiger charge is -2.26. The van der Waals surface area contributed by atoms with Gasteiger partial charge in [-0.15, -0.1) is 10.2 Å². The summed E-state index contributed by atoms with van der Waals surface area (Å²) in [5.74, 6) is -0.501. The molecule has 4 aromatic rings. The lowest BCUT2D eigenvalue weighted by atomic mass is 9.80. The smallest absolute Gasteiger partial charge is 0.236 e. The third kappa shape index (κ3) is 3.54. The van der Waals surface area contributed by atoms with E-state index in [1.54, 1.807) is 28.5 Å². The number of hydrogen-bond donors (Lipinski definition) is 1. The third-order valence-corrected chi connectivity index (χ3v) is 5.50. The Bertz CT molecular complexity index is 1200. The number of hydrogen-bond acceptors (Lipinski definition) is 5. The second-order valence-electron chi connectivity index (χ2n) is 7.11. The fourth-order valence-electron chi connectivity index (χ4n) is 2.99. The molecule has 6 nitrogen and oxygen atoms in total. The maximum atomic E-state index is 13.2. The molecule has 0 atom stereocenters. The van der Waals surface area contributed by atoms with Crippen molar-refractivity contribution in [3.8, 4) is 5.69 Å². The fraction of sp³-hybridized carbons (Fsp3) is 0.143. The molecule has 0 bridgehead atoms. The van der Waals surface area contributed by atoms with Gasteiger partial charge in [-0.3, -0.25) is 10.1 Å². The molecule has 0 unspecified atom stereocenters. The largest absolute Gasteiger partial charge is 0.300 e. The van der Waals surface area contributed by atoms with Crippen LogP contribution in [-0.2, 0) is 4.79 Å². The highest BCUT2D eigenvalue weighted by atomic mass is 32.1. The lowest BCUT2D eigenvalue weighted by Crippen LogP contribution is -2.31. The molecule has 0 aliphatic carbocycles. The molecule has 2 heterocycles. The normalized spacial score (nSPS) is 11.6. The first-order valence-corrected chi connectivity index (χ1v) is 9.75. The predicted octanol–water partition coefficient (Wildman–Crippen LogP) is 4.69. The zero-order chi connectivity index (χ0) is 20.6. The standard InChI is InChI=1S/C21H18FN5OS/c1-13(21(2,3)19(28)25-20-26-23-12-29-20)14-4-9-18-15(10-14)11-24-27(18)17-7-5-16(22)6-8-17/h4-12H,1H2,2-3H3,(H,25,26,28). The molecule has 0 spiro atoms. The van der Waals surface area contributed by atoms with E-state index in [4.69, 9.17) is 0 Å². The quantitative estimate of drug-likeness (QED) is 0.521. The summed E-state index contributed by atoms with van der Waals surface area (Å²) >= 11 is 1.26. The molecule has 8 heteroatoms. The molecule has 1 N–H and O–H groups in total. The van der Waals surface area contributed by atoms with E-state index >= 15 is 0 Å². The maximum absolute atomic E-state index is 13.2. The van der Waals surface area contributed by atoms with Crippen molar-refractivity contribution in [2.75, 3.05) is 5.32 Å². The molecule has 2 aromatic carbocycles. The van der Waals surface area contributed by atoms with Crippen LogP contribution in [0.4, 0.5) is 9.52 Å². The molecule has 29 heavy (non-hydrogen) atoms. The summed E-state index contributed by atoms with van der Waals surface area (Å²) in [5, 5.41) is 16.1. The summed E-state index contributed by atoms with van der Waals surface area (Å²) in [5.41, 5.74) is 3.87. The molecule has 4 rings (SSSR count). The summed E-state index contributed by atoms with van der Waals surface area (Å²) in [6, 6.07) is 11.9. The van der Waals surface area contributed by atoms with Crippen LogP contribution in [0.1, 0.15) is 19.4 Å². The van der Waals surface area contributed by atoms with Gasteiger partial charge in [0.15, 0.2) is 0 Å². The summed E-state index contributed by atoms with van der Waals surface area (Å²) in [7, 11) is 0. The van der Waals surface area contributed by atoms with Gasteiger partial charge in [0.1, 0.15) is 11.3 Å². The minimum atomic E-state index is -0.855. The predicted molar refractivity (Wildman–Crippen MR) is 112 cm³/mol. The number of anilines is 1. The highest BCUT2D eigenvalue weighted by Gasteiger charge is 2.32. The van der Waals surface area contributed by atoms with Gasteiger partial charge in [0.05, 0.1) is 22.8 Å². The molecule has 0 fully saturated rings. The van der Waals surface area contributed by atoms with Gasteiger partial charge in [-0.2, -0.15) is 5.10 Å². The molecule has 1 amide bonds. The van der Waals surface area contributed by atoms with E-state index in [-0.39, 0.29) is 11.7 Å². The van der Waals surface area contributed by atoms with Gasteiger partial charge in [0, 0.05) is 5.39 Å². The number of amides is 1. The van der Waals surface area contributed by atoms with Crippen molar-refractivity contribution in [3.05, 3.63) is 72.1 Å². The number of halogens is 1. The topological polar surface area (TPSA) is 72.7 Å². The lowest BCUT2D eigenvalue weighted by molar-refractivity contribution is -0.121. The van der Waals surface area contributed by atoms with E-state index in [0.717, 1.165) is 22.2 Å². The van der Waals surface area contributed by atoms with Crippen molar-refractivity contribution < 1.29 is 9.18 Å².